The lowest BCUT2D eigenvalue weighted by molar-refractivity contribution is -0.384. The van der Waals surface area contributed by atoms with Crippen molar-refractivity contribution in [3.8, 4) is 0 Å². The largest absolute Gasteiger partial charge is 0.269 e. The number of hydrogen-bond acceptors (Lipinski definition) is 4. The standard InChI is InChI=1S/C10H13N3O2/c1-2-3-8-11-12-9-4-6-10(7-5-9)13(14)15/h4-7H,2-3,8H2,1H3. The van der Waals surface area contributed by atoms with E-state index in [0.29, 0.717) is 12.2 Å². The Balaban J connectivity index is 2.56. The molecule has 0 heterocycles. The van der Waals surface area contributed by atoms with Gasteiger partial charge >= 0.3 is 0 Å². The minimum absolute atomic E-state index is 0.0718. The SMILES string of the molecule is CCCCN=Nc1ccc([N+](=O)[O-])cc1. The molecule has 1 aromatic rings. The number of azo groups is 1. The summed E-state index contributed by atoms with van der Waals surface area (Å²) in [6.45, 7) is 2.79. The molecule has 0 aliphatic carbocycles. The van der Waals surface area contributed by atoms with Gasteiger partial charge in [-0.15, -0.1) is 0 Å². The van der Waals surface area contributed by atoms with Crippen LogP contribution in [-0.2, 0) is 0 Å². The summed E-state index contributed by atoms with van der Waals surface area (Å²) >= 11 is 0. The first kappa shape index (κ1) is 11.3. The Morgan fingerprint density at radius 2 is 2.00 bits per heavy atom. The first-order chi connectivity index (χ1) is 7.24. The molecular formula is C10H13N3O2. The molecule has 0 aliphatic rings. The Labute approximate surface area is 88.0 Å². The van der Waals surface area contributed by atoms with Crippen LogP contribution in [0.1, 0.15) is 19.8 Å². The van der Waals surface area contributed by atoms with E-state index in [4.69, 9.17) is 0 Å². The Bertz CT molecular complexity index is 346. The van der Waals surface area contributed by atoms with Gasteiger partial charge in [-0.25, -0.2) is 0 Å². The van der Waals surface area contributed by atoms with Crippen LogP contribution in [0.2, 0.25) is 0 Å². The molecule has 1 rings (SSSR count). The minimum Gasteiger partial charge on any atom is -0.258 e. The molecule has 0 aromatic heterocycles. The van der Waals surface area contributed by atoms with Gasteiger partial charge in [0, 0.05) is 12.1 Å². The summed E-state index contributed by atoms with van der Waals surface area (Å²) in [6.07, 6.45) is 2.09. The van der Waals surface area contributed by atoms with Crippen molar-refractivity contribution in [3.05, 3.63) is 34.4 Å². The molecule has 5 heteroatoms. The van der Waals surface area contributed by atoms with E-state index in [-0.39, 0.29) is 5.69 Å². The molecule has 15 heavy (non-hydrogen) atoms. The van der Waals surface area contributed by atoms with Gasteiger partial charge in [-0.1, -0.05) is 13.3 Å². The van der Waals surface area contributed by atoms with Gasteiger partial charge in [-0.2, -0.15) is 10.2 Å². The Hall–Kier alpha value is -1.78. The van der Waals surface area contributed by atoms with Gasteiger partial charge < -0.3 is 0 Å². The molecule has 5 nitrogen and oxygen atoms in total. The predicted molar refractivity (Wildman–Crippen MR) is 57.4 cm³/mol. The monoisotopic (exact) mass is 207 g/mol. The molecular weight excluding hydrogens is 194 g/mol. The van der Waals surface area contributed by atoms with Gasteiger partial charge in [0.05, 0.1) is 17.2 Å². The maximum atomic E-state index is 10.4. The molecule has 1 aromatic carbocycles. The lowest BCUT2D eigenvalue weighted by Gasteiger charge is -1.92. The van der Waals surface area contributed by atoms with E-state index in [1.165, 1.54) is 12.1 Å². The fraction of sp³-hybridized carbons (Fsp3) is 0.400. The van der Waals surface area contributed by atoms with Crippen LogP contribution >= 0.6 is 0 Å². The van der Waals surface area contributed by atoms with E-state index in [1.807, 2.05) is 0 Å². The van der Waals surface area contributed by atoms with E-state index in [9.17, 15) is 10.1 Å². The van der Waals surface area contributed by atoms with Crippen molar-refractivity contribution in [1.29, 1.82) is 0 Å². The summed E-state index contributed by atoms with van der Waals surface area (Å²) in [5, 5.41) is 18.3. The Morgan fingerprint density at radius 1 is 1.33 bits per heavy atom. The second kappa shape index (κ2) is 5.85. The van der Waals surface area contributed by atoms with Gasteiger partial charge in [0.2, 0.25) is 0 Å². The fourth-order valence-corrected chi connectivity index (χ4v) is 1.00. The minimum atomic E-state index is -0.433. The zero-order valence-corrected chi connectivity index (χ0v) is 8.59. The lowest BCUT2D eigenvalue weighted by Crippen LogP contribution is -1.85. The molecule has 0 saturated heterocycles. The molecule has 0 aliphatic heterocycles. The molecule has 0 spiro atoms. The average molecular weight is 207 g/mol. The summed E-state index contributed by atoms with van der Waals surface area (Å²) < 4.78 is 0. The van der Waals surface area contributed by atoms with Crippen LogP contribution in [-0.4, -0.2) is 11.5 Å². The maximum absolute atomic E-state index is 10.4. The van der Waals surface area contributed by atoms with Gasteiger partial charge in [-0.3, -0.25) is 10.1 Å². The molecule has 0 bridgehead atoms. The number of nitro benzene ring substituents is 1. The third-order valence-electron chi connectivity index (χ3n) is 1.86. The fourth-order valence-electron chi connectivity index (χ4n) is 1.00. The summed E-state index contributed by atoms with van der Waals surface area (Å²) in [5.41, 5.74) is 0.721. The molecule has 80 valence electrons. The summed E-state index contributed by atoms with van der Waals surface area (Å²) in [7, 11) is 0. The molecule has 0 amide bonds. The van der Waals surface area contributed by atoms with E-state index in [0.717, 1.165) is 12.8 Å². The van der Waals surface area contributed by atoms with Crippen LogP contribution in [0.5, 0.6) is 0 Å². The first-order valence-corrected chi connectivity index (χ1v) is 4.86. The second-order valence-corrected chi connectivity index (χ2v) is 3.09. The summed E-state index contributed by atoms with van der Waals surface area (Å²) in [4.78, 5) is 9.93. The van der Waals surface area contributed by atoms with E-state index < -0.39 is 4.92 Å². The number of hydrogen-bond donors (Lipinski definition) is 0. The van der Waals surface area contributed by atoms with E-state index in [1.54, 1.807) is 12.1 Å². The van der Waals surface area contributed by atoms with Crippen LogP contribution in [0.25, 0.3) is 0 Å². The van der Waals surface area contributed by atoms with Gasteiger partial charge in [-0.05, 0) is 18.6 Å². The third-order valence-corrected chi connectivity index (χ3v) is 1.86. The molecule has 0 fully saturated rings. The zero-order chi connectivity index (χ0) is 11.1. The van der Waals surface area contributed by atoms with Crippen molar-refractivity contribution in [1.82, 2.24) is 0 Å². The summed E-state index contributed by atoms with van der Waals surface area (Å²) in [6, 6.07) is 6.03. The Kier molecular flexibility index (Phi) is 4.40. The van der Waals surface area contributed by atoms with Crippen LogP contribution in [0, 0.1) is 10.1 Å². The highest BCUT2D eigenvalue weighted by atomic mass is 16.6. The van der Waals surface area contributed by atoms with Gasteiger partial charge in [0.15, 0.2) is 0 Å². The number of benzene rings is 1. The molecule has 0 N–H and O–H groups in total. The van der Waals surface area contributed by atoms with Gasteiger partial charge in [0.1, 0.15) is 0 Å². The van der Waals surface area contributed by atoms with Crippen LogP contribution in [0.4, 0.5) is 11.4 Å². The van der Waals surface area contributed by atoms with E-state index in [2.05, 4.69) is 17.2 Å². The van der Waals surface area contributed by atoms with E-state index >= 15 is 0 Å². The zero-order valence-electron chi connectivity index (χ0n) is 8.59. The number of nitrogens with zero attached hydrogens (tertiary/aromatic N) is 3. The van der Waals surface area contributed by atoms with Crippen LogP contribution in [0.15, 0.2) is 34.5 Å². The molecule has 0 atom stereocenters. The van der Waals surface area contributed by atoms with Crippen LogP contribution < -0.4 is 0 Å². The van der Waals surface area contributed by atoms with Crippen molar-refractivity contribution in [2.45, 2.75) is 19.8 Å². The highest BCUT2D eigenvalue weighted by Gasteiger charge is 2.02. The number of nitro groups is 1. The average Bonchev–Trinajstić information content (AvgIpc) is 2.25. The lowest BCUT2D eigenvalue weighted by atomic mass is 10.3. The second-order valence-electron chi connectivity index (χ2n) is 3.09. The van der Waals surface area contributed by atoms with Crippen molar-refractivity contribution in [2.24, 2.45) is 10.2 Å². The van der Waals surface area contributed by atoms with Crippen molar-refractivity contribution < 1.29 is 4.92 Å². The van der Waals surface area contributed by atoms with Crippen molar-refractivity contribution >= 4 is 11.4 Å². The van der Waals surface area contributed by atoms with Crippen molar-refractivity contribution in [3.63, 3.8) is 0 Å². The van der Waals surface area contributed by atoms with Gasteiger partial charge in [0.25, 0.3) is 5.69 Å². The topological polar surface area (TPSA) is 67.9 Å². The number of rotatable bonds is 5. The molecule has 0 radical (unpaired) electrons. The van der Waals surface area contributed by atoms with Crippen molar-refractivity contribution in [2.75, 3.05) is 6.54 Å². The number of non-ortho nitro benzene ring substituents is 1. The Morgan fingerprint density at radius 3 is 2.53 bits per heavy atom. The summed E-state index contributed by atoms with van der Waals surface area (Å²) in [5.74, 6) is 0. The highest BCUT2D eigenvalue weighted by Crippen LogP contribution is 2.17. The van der Waals surface area contributed by atoms with Crippen LogP contribution in [0.3, 0.4) is 0 Å². The first-order valence-electron chi connectivity index (χ1n) is 4.86. The molecule has 0 unspecified atom stereocenters. The predicted octanol–water partition coefficient (Wildman–Crippen LogP) is 3.48. The normalized spacial score (nSPS) is 10.7. The smallest absolute Gasteiger partial charge is 0.258 e. The quantitative estimate of drug-likeness (QED) is 0.321. The molecule has 0 saturated carbocycles. The maximum Gasteiger partial charge on any atom is 0.269 e. The third kappa shape index (κ3) is 3.84. The number of unbranched alkanes of at least 4 members (excludes halogenated alkanes) is 1. The highest BCUT2D eigenvalue weighted by molar-refractivity contribution is 5.43.